The van der Waals surface area contributed by atoms with E-state index in [0.717, 1.165) is 5.30 Å². The second-order valence-electron chi connectivity index (χ2n) is 7.61. The Morgan fingerprint density at radius 3 is 1.81 bits per heavy atom. The molecule has 2 saturated carbocycles. The van der Waals surface area contributed by atoms with Crippen molar-refractivity contribution in [2.45, 2.75) is 80.4 Å². The van der Waals surface area contributed by atoms with Crippen LogP contribution in [-0.4, -0.2) is 38.5 Å². The maximum Gasteiger partial charge on any atom is 0.298 e. The Morgan fingerprint density at radius 2 is 1.41 bits per heavy atom. The van der Waals surface area contributed by atoms with Gasteiger partial charge in [0.05, 0.1) is 19.5 Å². The molecule has 5 nitrogen and oxygen atoms in total. The van der Waals surface area contributed by atoms with Crippen LogP contribution in [0.4, 0.5) is 0 Å². The number of hydrogen-bond donors (Lipinski definition) is 1. The molecule has 0 aliphatic heterocycles. The predicted octanol–water partition coefficient (Wildman–Crippen LogP) is 4.72. The highest BCUT2D eigenvalue weighted by Gasteiger charge is 2.37. The van der Waals surface area contributed by atoms with Gasteiger partial charge in [0.1, 0.15) is 10.6 Å². The van der Waals surface area contributed by atoms with Crippen LogP contribution in [0.2, 0.25) is 0 Å². The Balaban J connectivity index is 2.16. The van der Waals surface area contributed by atoms with Crippen LogP contribution in [0.25, 0.3) is 0 Å². The summed E-state index contributed by atoms with van der Waals surface area (Å²) in [4.78, 5) is -0.139. The van der Waals surface area contributed by atoms with E-state index in [2.05, 4.69) is 0 Å². The summed E-state index contributed by atoms with van der Waals surface area (Å²) in [5.41, 5.74) is 1.13. The molecule has 0 aromatic heterocycles. The number of methoxy groups -OCH3 is 2. The van der Waals surface area contributed by atoms with E-state index in [1.165, 1.54) is 77.4 Å². The smallest absolute Gasteiger partial charge is 0.298 e. The van der Waals surface area contributed by atoms with Crippen molar-refractivity contribution < 1.29 is 22.4 Å². The summed E-state index contributed by atoms with van der Waals surface area (Å²) in [6.45, 7) is 0. The van der Waals surface area contributed by atoms with Gasteiger partial charge in [-0.25, -0.2) is 0 Å². The van der Waals surface area contributed by atoms with Crippen molar-refractivity contribution in [3.8, 4) is 11.5 Å². The molecule has 0 amide bonds. The zero-order chi connectivity index (χ0) is 19.4. The summed E-state index contributed by atoms with van der Waals surface area (Å²) in [5, 5.41) is 0.906. The minimum atomic E-state index is -4.36. The molecule has 0 atom stereocenters. The highest BCUT2D eigenvalue weighted by atomic mass is 32.2. The molecule has 1 N–H and O–H groups in total. The highest BCUT2D eigenvalue weighted by molar-refractivity contribution is 7.86. The number of hydrogen-bond acceptors (Lipinski definition) is 4. The lowest BCUT2D eigenvalue weighted by atomic mass is 9.99. The van der Waals surface area contributed by atoms with Crippen LogP contribution in [0.1, 0.15) is 64.2 Å². The molecule has 2 fully saturated rings. The number of ether oxygens (including phenoxy) is 2. The third kappa shape index (κ3) is 4.60. The van der Waals surface area contributed by atoms with E-state index in [1.807, 2.05) is 0 Å². The Bertz CT molecular complexity index is 719. The van der Waals surface area contributed by atoms with Gasteiger partial charge < -0.3 is 9.47 Å². The van der Waals surface area contributed by atoms with E-state index in [9.17, 15) is 13.0 Å². The molecular formula is C20H31O5PS. The van der Waals surface area contributed by atoms with Crippen LogP contribution in [0.3, 0.4) is 0 Å². The van der Waals surface area contributed by atoms with Crippen molar-refractivity contribution in [1.82, 2.24) is 0 Å². The molecule has 0 spiro atoms. The molecule has 27 heavy (non-hydrogen) atoms. The fourth-order valence-corrected chi connectivity index (χ4v) is 9.50. The van der Waals surface area contributed by atoms with Crippen molar-refractivity contribution >= 4 is 23.3 Å². The quantitative estimate of drug-likeness (QED) is 0.538. The van der Waals surface area contributed by atoms with Crippen molar-refractivity contribution in [2.24, 2.45) is 0 Å². The van der Waals surface area contributed by atoms with Gasteiger partial charge in [-0.3, -0.25) is 4.55 Å². The number of benzene rings is 1. The maximum absolute atomic E-state index is 12.0. The summed E-state index contributed by atoms with van der Waals surface area (Å²) < 4.78 is 45.0. The van der Waals surface area contributed by atoms with Crippen LogP contribution in [0.15, 0.2) is 17.0 Å². The van der Waals surface area contributed by atoms with Crippen LogP contribution in [0.5, 0.6) is 11.5 Å². The standard InChI is InChI=1S/C20H31O5PS/c1-24-17-13-14-18(27(21,22)23)19(25-2)20(17)26(15-9-5-3-6-10-15)16-11-7-4-8-12-16/h13-16H,3-12H2,1-2H3,(H,21,22,23). The van der Waals surface area contributed by atoms with Gasteiger partial charge in [0.15, 0.2) is 5.75 Å². The molecule has 3 rings (SSSR count). The first-order valence-corrected chi connectivity index (χ1v) is 12.9. The van der Waals surface area contributed by atoms with Crippen molar-refractivity contribution in [1.29, 1.82) is 0 Å². The Labute approximate surface area is 164 Å². The Hall–Kier alpha value is -0.840. The summed E-state index contributed by atoms with van der Waals surface area (Å²) in [5.74, 6) is 0.987. The third-order valence-corrected chi connectivity index (χ3v) is 10.4. The lowest BCUT2D eigenvalue weighted by molar-refractivity contribution is 0.388. The zero-order valence-corrected chi connectivity index (χ0v) is 18.0. The molecule has 0 radical (unpaired) electrons. The first-order valence-electron chi connectivity index (χ1n) is 9.98. The van der Waals surface area contributed by atoms with Crippen LogP contribution in [0, 0.1) is 0 Å². The molecule has 0 saturated heterocycles. The second-order valence-corrected chi connectivity index (χ2v) is 11.7. The van der Waals surface area contributed by atoms with Crippen LogP contribution >= 0.6 is 7.92 Å². The SMILES string of the molecule is COc1ccc(S(=O)(=O)O)c(OC)c1P(C1CCCCC1)C1CCCCC1. The normalized spacial score (nSPS) is 20.0. The van der Waals surface area contributed by atoms with E-state index in [1.54, 1.807) is 13.2 Å². The summed E-state index contributed by atoms with van der Waals surface area (Å²) >= 11 is 0. The summed E-state index contributed by atoms with van der Waals surface area (Å²) in [7, 11) is -1.88. The lowest BCUT2D eigenvalue weighted by Gasteiger charge is -2.39. The molecule has 0 heterocycles. The van der Waals surface area contributed by atoms with E-state index in [-0.39, 0.29) is 4.90 Å². The topological polar surface area (TPSA) is 72.8 Å². The van der Waals surface area contributed by atoms with Crippen LogP contribution in [-0.2, 0) is 10.1 Å². The minimum Gasteiger partial charge on any atom is -0.496 e. The summed E-state index contributed by atoms with van der Waals surface area (Å²) in [6, 6.07) is 3.08. The maximum atomic E-state index is 12.0. The van der Waals surface area contributed by atoms with Crippen LogP contribution < -0.4 is 14.8 Å². The third-order valence-electron chi connectivity index (χ3n) is 5.95. The number of rotatable bonds is 6. The van der Waals surface area contributed by atoms with Gasteiger partial charge in [0, 0.05) is 0 Å². The minimum absolute atomic E-state index is 0.139. The van der Waals surface area contributed by atoms with Gasteiger partial charge in [-0.15, -0.1) is 0 Å². The molecule has 1 aromatic rings. The first-order chi connectivity index (χ1) is 13.0. The van der Waals surface area contributed by atoms with Gasteiger partial charge in [0.2, 0.25) is 0 Å². The van der Waals surface area contributed by atoms with Gasteiger partial charge >= 0.3 is 0 Å². The fourth-order valence-electron chi connectivity index (χ4n) is 4.73. The van der Waals surface area contributed by atoms with E-state index in [0.29, 0.717) is 22.8 Å². The van der Waals surface area contributed by atoms with E-state index < -0.39 is 18.0 Å². The molecule has 2 aliphatic carbocycles. The molecule has 2 aliphatic rings. The molecule has 0 unspecified atom stereocenters. The van der Waals surface area contributed by atoms with Crippen molar-refractivity contribution in [3.05, 3.63) is 12.1 Å². The van der Waals surface area contributed by atoms with Gasteiger partial charge in [-0.05, 0) is 49.1 Å². The monoisotopic (exact) mass is 414 g/mol. The van der Waals surface area contributed by atoms with Crippen molar-refractivity contribution in [2.75, 3.05) is 14.2 Å². The zero-order valence-electron chi connectivity index (χ0n) is 16.3. The van der Waals surface area contributed by atoms with Crippen molar-refractivity contribution in [3.63, 3.8) is 0 Å². The average Bonchev–Trinajstić information content (AvgIpc) is 2.68. The first kappa shape index (κ1) is 20.9. The molecular weight excluding hydrogens is 383 g/mol. The van der Waals surface area contributed by atoms with Gasteiger partial charge in [-0.2, -0.15) is 8.42 Å². The molecule has 0 bridgehead atoms. The largest absolute Gasteiger partial charge is 0.496 e. The lowest BCUT2D eigenvalue weighted by Crippen LogP contribution is -2.28. The molecule has 1 aromatic carbocycles. The fraction of sp³-hybridized carbons (Fsp3) is 0.700. The average molecular weight is 415 g/mol. The van der Waals surface area contributed by atoms with Gasteiger partial charge in [-0.1, -0.05) is 46.4 Å². The Kier molecular flexibility index (Phi) is 7.04. The van der Waals surface area contributed by atoms with Gasteiger partial charge in [0.25, 0.3) is 10.1 Å². The Morgan fingerprint density at radius 1 is 0.889 bits per heavy atom. The van der Waals surface area contributed by atoms with E-state index >= 15 is 0 Å². The summed E-state index contributed by atoms with van der Waals surface area (Å²) in [6.07, 6.45) is 12.2. The molecule has 7 heteroatoms. The molecule has 152 valence electrons. The van der Waals surface area contributed by atoms with E-state index in [4.69, 9.17) is 9.47 Å². The highest BCUT2D eigenvalue weighted by Crippen LogP contribution is 2.58. The second kappa shape index (κ2) is 9.11. The predicted molar refractivity (Wildman–Crippen MR) is 110 cm³/mol.